The number of Topliss-reactive ketones (excluding diaryl/α,β-unsaturated/α-hetero) is 1. The first-order valence-corrected chi connectivity index (χ1v) is 26.7. The highest BCUT2D eigenvalue weighted by Gasteiger charge is 2.68. The molecule has 3 saturated carbocycles. The van der Waals surface area contributed by atoms with E-state index < -0.39 is 153 Å². The highest BCUT2D eigenvalue weighted by Crippen LogP contribution is 2.70. The van der Waals surface area contributed by atoms with E-state index in [0.29, 0.717) is 12.8 Å². The lowest BCUT2D eigenvalue weighted by Gasteiger charge is -2.58. The SMILES string of the molecule is C[C@@H](CC[C@@]1(O)O[C@H]2C[C@H]3[C@@H]4CC=C5C[C@H](O[C@@H]6O[C@H](CO)[C@@H](O)[C@H](O)[C@H]6O[C@@H]6O[C@@H](C)[C@H](O[C@@H]7O[C@@H](C)[C@H](O)[C@@H](O)[C@H]7O)[C@@H](O)[C@H]6O)C(=O)C[C@]5(C)[C@H]4CC[C@]3(C)[C@H]2[C@@H]1C)CO[C@@H]1O[C@H](CO)[C@@H](O)[C@H](O)[C@H]1O. The second-order valence-corrected chi connectivity index (χ2v) is 23.8. The van der Waals surface area contributed by atoms with Crippen LogP contribution < -0.4 is 0 Å². The van der Waals surface area contributed by atoms with Crippen LogP contribution in [-0.2, 0) is 47.4 Å². The molecular weight excluding hydrogens is 981 g/mol. The topological polar surface area (TPSA) is 363 Å². The summed E-state index contributed by atoms with van der Waals surface area (Å²) in [5.41, 5.74) is 0.420. The van der Waals surface area contributed by atoms with E-state index >= 15 is 0 Å². The molecule has 31 atom stereocenters. The van der Waals surface area contributed by atoms with E-state index in [1.807, 2.05) is 6.92 Å². The Morgan fingerprint density at radius 1 is 0.689 bits per heavy atom. The monoisotopic (exact) mass is 1060 g/mol. The first kappa shape index (κ1) is 57.2. The van der Waals surface area contributed by atoms with Crippen molar-refractivity contribution in [2.24, 2.45) is 46.3 Å². The van der Waals surface area contributed by atoms with E-state index in [9.17, 15) is 71.2 Å². The normalized spacial score (nSPS) is 54.9. The van der Waals surface area contributed by atoms with Crippen LogP contribution in [0.5, 0.6) is 0 Å². The molecule has 74 heavy (non-hydrogen) atoms. The number of aliphatic hydroxyl groups is 13. The van der Waals surface area contributed by atoms with Crippen molar-refractivity contribution in [3.05, 3.63) is 11.6 Å². The molecule has 0 amide bonds. The summed E-state index contributed by atoms with van der Waals surface area (Å²) in [5, 5.41) is 138. The van der Waals surface area contributed by atoms with Gasteiger partial charge in [-0.1, -0.05) is 39.3 Å². The highest BCUT2D eigenvalue weighted by molar-refractivity contribution is 5.86. The van der Waals surface area contributed by atoms with E-state index in [2.05, 4.69) is 26.8 Å². The van der Waals surface area contributed by atoms with Crippen molar-refractivity contribution in [1.29, 1.82) is 0 Å². The van der Waals surface area contributed by atoms with E-state index in [0.717, 1.165) is 31.3 Å². The zero-order valence-corrected chi connectivity index (χ0v) is 42.9. The molecule has 0 aromatic heterocycles. The molecule has 9 rings (SSSR count). The summed E-state index contributed by atoms with van der Waals surface area (Å²) in [6.45, 7) is 10.3. The number of allylic oxidation sites excluding steroid dienone is 1. The number of rotatable bonds is 14. The minimum atomic E-state index is -1.86. The van der Waals surface area contributed by atoms with E-state index in [-0.39, 0.29) is 72.3 Å². The molecule has 5 saturated heterocycles. The summed E-state index contributed by atoms with van der Waals surface area (Å²) in [6.07, 6.45) is -24.3. The van der Waals surface area contributed by atoms with E-state index in [1.165, 1.54) is 13.8 Å². The third-order valence-corrected chi connectivity index (χ3v) is 19.3. The van der Waals surface area contributed by atoms with Gasteiger partial charge in [-0.15, -0.1) is 0 Å². The number of hydrogen-bond donors (Lipinski definition) is 13. The Kier molecular flexibility index (Phi) is 16.9. The molecule has 4 aliphatic carbocycles. The predicted octanol–water partition coefficient (Wildman–Crippen LogP) is -2.80. The van der Waals surface area contributed by atoms with Crippen LogP contribution in [0.15, 0.2) is 11.6 Å². The average molecular weight is 1060 g/mol. The van der Waals surface area contributed by atoms with E-state index in [1.54, 1.807) is 0 Å². The molecule has 5 aliphatic heterocycles. The van der Waals surface area contributed by atoms with Gasteiger partial charge in [-0.3, -0.25) is 4.79 Å². The van der Waals surface area contributed by atoms with Crippen molar-refractivity contribution in [2.75, 3.05) is 19.8 Å². The number of aliphatic hydroxyl groups excluding tert-OH is 12. The van der Waals surface area contributed by atoms with Gasteiger partial charge in [-0.2, -0.15) is 0 Å². The van der Waals surface area contributed by atoms with Crippen molar-refractivity contribution in [3.63, 3.8) is 0 Å². The first-order chi connectivity index (χ1) is 34.9. The smallest absolute Gasteiger partial charge is 0.187 e. The Hall–Kier alpha value is -1.47. The van der Waals surface area contributed by atoms with Gasteiger partial charge < -0.3 is 109 Å². The number of ether oxygens (including phenoxy) is 9. The Morgan fingerprint density at radius 2 is 1.27 bits per heavy atom. The van der Waals surface area contributed by atoms with Crippen molar-refractivity contribution in [3.8, 4) is 0 Å². The quantitative estimate of drug-likeness (QED) is 0.0782. The number of carbonyl (C=O) groups excluding carboxylic acids is 1. The molecule has 5 heterocycles. The molecular formula is C51H82O23. The lowest BCUT2D eigenvalue weighted by Crippen LogP contribution is -2.66. The molecule has 0 radical (unpaired) electrons. The Balaban J connectivity index is 0.824. The minimum absolute atomic E-state index is 0.0895. The fraction of sp³-hybridized carbons (Fsp3) is 0.941. The van der Waals surface area contributed by atoms with Gasteiger partial charge in [0, 0.05) is 25.2 Å². The number of ketones is 1. The van der Waals surface area contributed by atoms with Gasteiger partial charge in [-0.05, 0) is 86.4 Å². The molecule has 0 unspecified atom stereocenters. The molecule has 0 spiro atoms. The lowest BCUT2D eigenvalue weighted by molar-refractivity contribution is -0.382. The summed E-state index contributed by atoms with van der Waals surface area (Å²) in [4.78, 5) is 14.4. The van der Waals surface area contributed by atoms with Gasteiger partial charge in [0.1, 0.15) is 91.6 Å². The van der Waals surface area contributed by atoms with Crippen LogP contribution in [0.25, 0.3) is 0 Å². The maximum absolute atomic E-state index is 14.4. The summed E-state index contributed by atoms with van der Waals surface area (Å²) >= 11 is 0. The second kappa shape index (κ2) is 21.9. The van der Waals surface area contributed by atoms with Crippen LogP contribution in [0.4, 0.5) is 0 Å². The summed E-state index contributed by atoms with van der Waals surface area (Å²) in [6, 6.07) is 0. The Morgan fingerprint density at radius 3 is 1.95 bits per heavy atom. The fourth-order valence-electron chi connectivity index (χ4n) is 14.8. The maximum atomic E-state index is 14.4. The number of hydrogen-bond acceptors (Lipinski definition) is 23. The highest BCUT2D eigenvalue weighted by atomic mass is 16.8. The van der Waals surface area contributed by atoms with Crippen LogP contribution >= 0.6 is 0 Å². The zero-order chi connectivity index (χ0) is 53.7. The van der Waals surface area contributed by atoms with Gasteiger partial charge >= 0.3 is 0 Å². The predicted molar refractivity (Wildman–Crippen MR) is 249 cm³/mol. The Labute approximate surface area is 430 Å². The van der Waals surface area contributed by atoms with Gasteiger partial charge in [0.05, 0.1) is 38.1 Å². The standard InChI is InChI=1S/C51H82O23/c1-19(18-66-45-40(62)37(59)34(56)30(16-52)70-45)9-12-51(65)20(2)32-29(74-51)14-26-24-8-7-23-13-28(27(54)15-50(23,6)25(24)10-11-49(26,32)5)69-48-44(38(60)35(57)31(17-53)71-48)73-47-42(64)39(61)43(22(4)68-47)72-46-41(63)36(58)33(55)21(3)67-46/h7,19-22,24-26,28-48,52-53,55-65H,8-18H2,1-6H3/t19-,20-,21-,22-,24+,25-,26-,28-,29-,30+,31+,32-,33-,34+,35+,36+,37-,38-,39-,40+,41+,42+,43-,44+,45+,46-,47-,48+,49-,50-,51+/m0/s1. The van der Waals surface area contributed by atoms with Gasteiger partial charge in [0.2, 0.25) is 0 Å². The second-order valence-electron chi connectivity index (χ2n) is 23.8. The lowest BCUT2D eigenvalue weighted by atomic mass is 9.46. The average Bonchev–Trinajstić information content (AvgIpc) is 3.80. The number of carbonyl (C=O) groups is 1. The molecule has 0 aromatic rings. The summed E-state index contributed by atoms with van der Waals surface area (Å²) in [5.74, 6) is -1.10. The largest absolute Gasteiger partial charge is 0.394 e. The van der Waals surface area contributed by atoms with Crippen molar-refractivity contribution >= 4 is 5.78 Å². The van der Waals surface area contributed by atoms with Crippen LogP contribution in [0, 0.1) is 46.3 Å². The third kappa shape index (κ3) is 10.0. The fourth-order valence-corrected chi connectivity index (χ4v) is 14.8. The zero-order valence-electron chi connectivity index (χ0n) is 42.9. The van der Waals surface area contributed by atoms with Gasteiger partial charge in [-0.25, -0.2) is 0 Å². The number of fused-ring (bicyclic) bond motifs is 7. The molecule has 8 fully saturated rings. The first-order valence-electron chi connectivity index (χ1n) is 26.7. The van der Waals surface area contributed by atoms with E-state index in [4.69, 9.17) is 42.6 Å². The molecule has 23 nitrogen and oxygen atoms in total. The van der Waals surface area contributed by atoms with Crippen molar-refractivity contribution in [1.82, 2.24) is 0 Å². The minimum Gasteiger partial charge on any atom is -0.394 e. The Bertz CT molecular complexity index is 1980. The van der Waals surface area contributed by atoms with Gasteiger partial charge in [0.15, 0.2) is 36.7 Å². The van der Waals surface area contributed by atoms with Crippen LogP contribution in [0.3, 0.4) is 0 Å². The van der Waals surface area contributed by atoms with Crippen LogP contribution in [0.2, 0.25) is 0 Å². The summed E-state index contributed by atoms with van der Waals surface area (Å²) < 4.78 is 53.5. The van der Waals surface area contributed by atoms with Gasteiger partial charge in [0.25, 0.3) is 0 Å². The van der Waals surface area contributed by atoms with Crippen LogP contribution in [-0.4, -0.2) is 233 Å². The molecule has 23 heteroatoms. The maximum Gasteiger partial charge on any atom is 0.187 e. The van der Waals surface area contributed by atoms with Crippen molar-refractivity contribution < 1.29 is 114 Å². The summed E-state index contributed by atoms with van der Waals surface area (Å²) in [7, 11) is 0. The molecule has 0 aromatic carbocycles. The molecule has 424 valence electrons. The molecule has 0 bridgehead atoms. The van der Waals surface area contributed by atoms with Crippen LogP contribution in [0.1, 0.15) is 92.9 Å². The van der Waals surface area contributed by atoms with Crippen molar-refractivity contribution in [2.45, 2.75) is 234 Å². The third-order valence-electron chi connectivity index (χ3n) is 19.3. The molecule has 13 N–H and O–H groups in total. The molecule has 9 aliphatic rings.